The average molecular weight is 727 g/mol. The first-order valence-electron chi connectivity index (χ1n) is 19.5. The minimum Gasteiger partial charge on any atom is -0.455 e. The summed E-state index contributed by atoms with van der Waals surface area (Å²) in [6.07, 6.45) is 0. The Morgan fingerprint density at radius 3 is 1.75 bits per heavy atom. The molecule has 3 nitrogen and oxygen atoms in total. The van der Waals surface area contributed by atoms with Gasteiger partial charge >= 0.3 is 0 Å². The average Bonchev–Trinajstić information content (AvgIpc) is 3.82. The molecule has 0 atom stereocenters. The van der Waals surface area contributed by atoms with E-state index in [9.17, 15) is 0 Å². The van der Waals surface area contributed by atoms with Crippen molar-refractivity contribution in [3.8, 4) is 16.8 Å². The maximum Gasteiger partial charge on any atom is 0.143 e. The van der Waals surface area contributed by atoms with Crippen LogP contribution in [0.5, 0.6) is 0 Å². The molecule has 12 aromatic rings. The van der Waals surface area contributed by atoms with Crippen LogP contribution in [0.15, 0.2) is 211 Å². The standard InChI is InChI=1S/C54H34N2O/c1-2-12-40(13-3-1)56-51-17-9-8-16-47(51)50-33-38(23-31-52(50)56)35-20-24-41(25-21-35)55(42-26-29-45-39(32-42)19-18-36-10-4-6-14-44(36)45)43-27-30-48-49-28-22-37-11-5-7-15-46(37)54(49)57-53(48)34-43/h1-34H. The molecule has 2 heterocycles. The summed E-state index contributed by atoms with van der Waals surface area (Å²) in [4.78, 5) is 2.35. The number of para-hydroxylation sites is 2. The maximum absolute atomic E-state index is 6.69. The second-order valence-electron chi connectivity index (χ2n) is 14.9. The summed E-state index contributed by atoms with van der Waals surface area (Å²) in [5.41, 5.74) is 10.9. The van der Waals surface area contributed by atoms with Crippen molar-refractivity contribution in [2.75, 3.05) is 4.90 Å². The Morgan fingerprint density at radius 1 is 0.333 bits per heavy atom. The van der Waals surface area contributed by atoms with Crippen LogP contribution in [0.25, 0.3) is 92.9 Å². The minimum absolute atomic E-state index is 0.871. The highest BCUT2D eigenvalue weighted by molar-refractivity contribution is 6.16. The lowest BCUT2D eigenvalue weighted by Crippen LogP contribution is -2.09. The summed E-state index contributed by atoms with van der Waals surface area (Å²) in [7, 11) is 0. The van der Waals surface area contributed by atoms with Gasteiger partial charge in [0.1, 0.15) is 11.2 Å². The second kappa shape index (κ2) is 12.5. The highest BCUT2D eigenvalue weighted by Gasteiger charge is 2.18. The number of benzene rings is 10. The minimum atomic E-state index is 0.871. The van der Waals surface area contributed by atoms with Crippen molar-refractivity contribution in [1.29, 1.82) is 0 Å². The predicted molar refractivity (Wildman–Crippen MR) is 241 cm³/mol. The van der Waals surface area contributed by atoms with Crippen LogP contribution in [0.1, 0.15) is 0 Å². The largest absolute Gasteiger partial charge is 0.455 e. The monoisotopic (exact) mass is 726 g/mol. The summed E-state index contributed by atoms with van der Waals surface area (Å²) in [5, 5.41) is 12.0. The van der Waals surface area contributed by atoms with Crippen LogP contribution in [0.3, 0.4) is 0 Å². The van der Waals surface area contributed by atoms with E-state index in [1.807, 2.05) is 0 Å². The number of fused-ring (bicyclic) bond motifs is 11. The molecule has 0 radical (unpaired) electrons. The molecule has 0 fully saturated rings. The molecule has 0 saturated heterocycles. The fraction of sp³-hybridized carbons (Fsp3) is 0. The van der Waals surface area contributed by atoms with Crippen molar-refractivity contribution < 1.29 is 4.42 Å². The van der Waals surface area contributed by atoms with Crippen molar-refractivity contribution in [3.05, 3.63) is 206 Å². The molecule has 0 aliphatic carbocycles. The van der Waals surface area contributed by atoms with E-state index in [1.54, 1.807) is 0 Å². The summed E-state index contributed by atoms with van der Waals surface area (Å²) in [5.74, 6) is 0. The summed E-state index contributed by atoms with van der Waals surface area (Å²) in [6, 6.07) is 74.5. The first kappa shape index (κ1) is 31.7. The number of anilines is 3. The van der Waals surface area contributed by atoms with Crippen LogP contribution in [-0.2, 0) is 0 Å². The van der Waals surface area contributed by atoms with Gasteiger partial charge in [-0.3, -0.25) is 0 Å². The van der Waals surface area contributed by atoms with Gasteiger partial charge < -0.3 is 13.9 Å². The van der Waals surface area contributed by atoms with Gasteiger partial charge in [0.05, 0.1) is 11.0 Å². The molecule has 57 heavy (non-hydrogen) atoms. The van der Waals surface area contributed by atoms with Gasteiger partial charge in [-0.1, -0.05) is 127 Å². The molecule has 0 unspecified atom stereocenters. The van der Waals surface area contributed by atoms with E-state index in [0.29, 0.717) is 0 Å². The lowest BCUT2D eigenvalue weighted by atomic mass is 10.0. The molecule has 3 heteroatoms. The van der Waals surface area contributed by atoms with Gasteiger partial charge in [0.2, 0.25) is 0 Å². The number of rotatable bonds is 5. The Labute approximate surface area is 328 Å². The highest BCUT2D eigenvalue weighted by Crippen LogP contribution is 2.42. The predicted octanol–water partition coefficient (Wildman–Crippen LogP) is 15.3. The first-order chi connectivity index (χ1) is 28.2. The number of furan rings is 1. The van der Waals surface area contributed by atoms with Crippen LogP contribution >= 0.6 is 0 Å². The molecular formula is C54H34N2O. The molecule has 2 aromatic heterocycles. The van der Waals surface area contributed by atoms with Gasteiger partial charge in [-0.25, -0.2) is 0 Å². The molecule has 0 bridgehead atoms. The molecular weight excluding hydrogens is 693 g/mol. The second-order valence-corrected chi connectivity index (χ2v) is 14.9. The van der Waals surface area contributed by atoms with Gasteiger partial charge in [0.25, 0.3) is 0 Å². The summed E-state index contributed by atoms with van der Waals surface area (Å²) in [6.45, 7) is 0. The normalized spacial score (nSPS) is 11.9. The fourth-order valence-corrected chi connectivity index (χ4v) is 9.03. The molecule has 0 amide bonds. The Bertz CT molecular complexity index is 3520. The molecule has 0 spiro atoms. The molecule has 12 rings (SSSR count). The van der Waals surface area contributed by atoms with Gasteiger partial charge in [-0.15, -0.1) is 0 Å². The van der Waals surface area contributed by atoms with Crippen molar-refractivity contribution in [3.63, 3.8) is 0 Å². The Balaban J connectivity index is 1.00. The summed E-state index contributed by atoms with van der Waals surface area (Å²) >= 11 is 0. The van der Waals surface area contributed by atoms with Crippen LogP contribution < -0.4 is 4.90 Å². The van der Waals surface area contributed by atoms with E-state index < -0.39 is 0 Å². The smallest absolute Gasteiger partial charge is 0.143 e. The van der Waals surface area contributed by atoms with E-state index in [1.165, 1.54) is 59.9 Å². The highest BCUT2D eigenvalue weighted by atomic mass is 16.3. The number of hydrogen-bond donors (Lipinski definition) is 0. The van der Waals surface area contributed by atoms with E-state index in [2.05, 4.69) is 216 Å². The van der Waals surface area contributed by atoms with Crippen LogP contribution in [0, 0.1) is 0 Å². The lowest BCUT2D eigenvalue weighted by molar-refractivity contribution is 0.672. The van der Waals surface area contributed by atoms with Gasteiger partial charge in [0, 0.05) is 55.7 Å². The van der Waals surface area contributed by atoms with Gasteiger partial charge in [0.15, 0.2) is 0 Å². The molecule has 0 N–H and O–H groups in total. The van der Waals surface area contributed by atoms with Crippen molar-refractivity contribution in [1.82, 2.24) is 4.57 Å². The quantitative estimate of drug-likeness (QED) is 0.165. The van der Waals surface area contributed by atoms with Crippen molar-refractivity contribution in [2.45, 2.75) is 0 Å². The fourth-order valence-electron chi connectivity index (χ4n) is 9.03. The Hall–Kier alpha value is -7.62. The lowest BCUT2D eigenvalue weighted by Gasteiger charge is -2.26. The molecule has 266 valence electrons. The van der Waals surface area contributed by atoms with Crippen molar-refractivity contribution >= 4 is 93.1 Å². The molecule has 10 aromatic carbocycles. The van der Waals surface area contributed by atoms with Gasteiger partial charge in [-0.2, -0.15) is 0 Å². The van der Waals surface area contributed by atoms with E-state index in [4.69, 9.17) is 4.42 Å². The van der Waals surface area contributed by atoms with Crippen LogP contribution in [-0.4, -0.2) is 4.57 Å². The SMILES string of the molecule is c1ccc(-n2c3ccccc3c3cc(-c4ccc(N(c5ccc6c(ccc7ccccc76)c5)c5ccc6c(c5)oc5c7ccccc7ccc65)cc4)ccc32)cc1. The number of hydrogen-bond acceptors (Lipinski definition) is 2. The molecule has 0 saturated carbocycles. The zero-order chi connectivity index (χ0) is 37.5. The molecule has 0 aliphatic heterocycles. The third-order valence-corrected chi connectivity index (χ3v) is 11.7. The third kappa shape index (κ3) is 4.99. The number of nitrogens with zero attached hydrogens (tertiary/aromatic N) is 2. The number of aromatic nitrogens is 1. The van der Waals surface area contributed by atoms with Crippen molar-refractivity contribution in [2.24, 2.45) is 0 Å². The summed E-state index contributed by atoms with van der Waals surface area (Å²) < 4.78 is 9.06. The Morgan fingerprint density at radius 2 is 0.912 bits per heavy atom. The Kier molecular flexibility index (Phi) is 6.93. The van der Waals surface area contributed by atoms with E-state index in [0.717, 1.165) is 50.1 Å². The third-order valence-electron chi connectivity index (χ3n) is 11.7. The van der Waals surface area contributed by atoms with E-state index in [-0.39, 0.29) is 0 Å². The molecule has 0 aliphatic rings. The first-order valence-corrected chi connectivity index (χ1v) is 19.5. The van der Waals surface area contributed by atoms with E-state index >= 15 is 0 Å². The maximum atomic E-state index is 6.69. The van der Waals surface area contributed by atoms with Crippen LogP contribution in [0.4, 0.5) is 17.1 Å². The zero-order valence-electron chi connectivity index (χ0n) is 30.9. The zero-order valence-corrected chi connectivity index (χ0v) is 30.9. The van der Waals surface area contributed by atoms with Crippen LogP contribution in [0.2, 0.25) is 0 Å². The van der Waals surface area contributed by atoms with Gasteiger partial charge in [-0.05, 0) is 111 Å². The topological polar surface area (TPSA) is 21.3 Å².